The fourth-order valence-corrected chi connectivity index (χ4v) is 5.31. The number of aromatic nitrogens is 2. The van der Waals surface area contributed by atoms with E-state index >= 15 is 0 Å². The van der Waals surface area contributed by atoms with Crippen molar-refractivity contribution < 1.29 is 9.53 Å². The molecule has 2 aliphatic heterocycles. The second-order valence-electron chi connectivity index (χ2n) is 9.53. The molecule has 0 spiro atoms. The molecule has 188 valence electrons. The molecule has 3 aromatic rings. The van der Waals surface area contributed by atoms with Crippen LogP contribution in [0.4, 0.5) is 11.5 Å². The molecule has 1 amide bonds. The first-order chi connectivity index (χ1) is 17.5. The fourth-order valence-electron chi connectivity index (χ4n) is 5.15. The number of halogens is 1. The summed E-state index contributed by atoms with van der Waals surface area (Å²) in [5.41, 5.74) is 4.18. The molecule has 2 aliphatic rings. The largest absolute Gasteiger partial charge is 0.497 e. The Morgan fingerprint density at radius 1 is 0.944 bits per heavy atom. The molecule has 0 aliphatic carbocycles. The lowest BCUT2D eigenvalue weighted by molar-refractivity contribution is -0.136. The van der Waals surface area contributed by atoms with E-state index in [4.69, 9.17) is 16.3 Å². The highest BCUT2D eigenvalue weighted by Gasteiger charge is 2.32. The van der Waals surface area contributed by atoms with Gasteiger partial charge in [-0.1, -0.05) is 17.7 Å². The molecule has 8 heteroatoms. The van der Waals surface area contributed by atoms with Gasteiger partial charge < -0.3 is 19.4 Å². The Morgan fingerprint density at radius 3 is 2.42 bits per heavy atom. The number of amides is 1. The number of ether oxygens (including phenoxy) is 1. The summed E-state index contributed by atoms with van der Waals surface area (Å²) in [5.74, 6) is 1.88. The van der Waals surface area contributed by atoms with Crippen molar-refractivity contribution in [1.29, 1.82) is 0 Å². The van der Waals surface area contributed by atoms with Crippen LogP contribution in [0.15, 0.2) is 54.6 Å². The Hall–Kier alpha value is -3.32. The molecule has 1 atom stereocenters. The number of carbonyl (C=O) groups is 1. The number of methoxy groups -OCH3 is 1. The topological polar surface area (TPSA) is 61.8 Å². The molecule has 36 heavy (non-hydrogen) atoms. The van der Waals surface area contributed by atoms with Crippen LogP contribution in [0.2, 0.25) is 5.02 Å². The van der Waals surface area contributed by atoms with Crippen LogP contribution in [0.3, 0.4) is 0 Å². The molecule has 7 nitrogen and oxygen atoms in total. The van der Waals surface area contributed by atoms with Crippen LogP contribution in [0.25, 0.3) is 11.3 Å². The van der Waals surface area contributed by atoms with Gasteiger partial charge in [0.1, 0.15) is 5.75 Å². The van der Waals surface area contributed by atoms with Gasteiger partial charge in [0.15, 0.2) is 5.82 Å². The molecule has 5 rings (SSSR count). The molecule has 0 radical (unpaired) electrons. The standard InChI is InChI=1S/C28H32ClN5O2/c1-20-5-8-23(29)18-26(20)32-14-16-33(17-15-32)28(35)22-4-3-13-34(19-22)27-12-11-25(30-31-27)21-6-9-24(36-2)10-7-21/h5-12,18,22H,3-4,13-17,19H2,1-2H3. The van der Waals surface area contributed by atoms with Gasteiger partial charge in [0, 0.05) is 55.5 Å². The lowest BCUT2D eigenvalue weighted by Gasteiger charge is -2.40. The molecule has 2 fully saturated rings. The maximum Gasteiger partial charge on any atom is 0.227 e. The monoisotopic (exact) mass is 505 g/mol. The summed E-state index contributed by atoms with van der Waals surface area (Å²) >= 11 is 6.22. The average Bonchev–Trinajstić information content (AvgIpc) is 2.94. The summed E-state index contributed by atoms with van der Waals surface area (Å²) in [6.07, 6.45) is 1.89. The molecule has 0 bridgehead atoms. The number of hydrogen-bond donors (Lipinski definition) is 0. The zero-order valence-electron chi connectivity index (χ0n) is 20.9. The van der Waals surface area contributed by atoms with Crippen LogP contribution in [0.5, 0.6) is 5.75 Å². The van der Waals surface area contributed by atoms with Crippen LogP contribution in [-0.4, -0.2) is 67.4 Å². The number of piperidine rings is 1. The minimum Gasteiger partial charge on any atom is -0.497 e. The van der Waals surface area contributed by atoms with Crippen molar-refractivity contribution in [1.82, 2.24) is 15.1 Å². The zero-order chi connectivity index (χ0) is 25.1. The second kappa shape index (κ2) is 10.7. The number of rotatable bonds is 5. The van der Waals surface area contributed by atoms with E-state index in [0.717, 1.165) is 79.1 Å². The molecular formula is C28H32ClN5O2. The smallest absolute Gasteiger partial charge is 0.227 e. The predicted octanol–water partition coefficient (Wildman–Crippen LogP) is 4.68. The third-order valence-electron chi connectivity index (χ3n) is 7.23. The van der Waals surface area contributed by atoms with E-state index < -0.39 is 0 Å². The normalized spacial score (nSPS) is 18.3. The summed E-state index contributed by atoms with van der Waals surface area (Å²) in [6, 6.07) is 17.8. The Bertz CT molecular complexity index is 1190. The van der Waals surface area contributed by atoms with Gasteiger partial charge in [0.2, 0.25) is 5.91 Å². The molecule has 3 heterocycles. The van der Waals surface area contributed by atoms with Gasteiger partial charge >= 0.3 is 0 Å². The number of anilines is 2. The third kappa shape index (κ3) is 5.26. The van der Waals surface area contributed by atoms with Crippen molar-refractivity contribution in [3.63, 3.8) is 0 Å². The van der Waals surface area contributed by atoms with Crippen molar-refractivity contribution in [2.45, 2.75) is 19.8 Å². The predicted molar refractivity (Wildman–Crippen MR) is 144 cm³/mol. The highest BCUT2D eigenvalue weighted by Crippen LogP contribution is 2.28. The van der Waals surface area contributed by atoms with Crippen molar-refractivity contribution in [2.24, 2.45) is 5.92 Å². The average molecular weight is 506 g/mol. The maximum atomic E-state index is 13.4. The van der Waals surface area contributed by atoms with E-state index in [0.29, 0.717) is 6.54 Å². The van der Waals surface area contributed by atoms with Crippen molar-refractivity contribution >= 4 is 29.0 Å². The third-order valence-corrected chi connectivity index (χ3v) is 7.47. The molecule has 1 aromatic heterocycles. The quantitative estimate of drug-likeness (QED) is 0.502. The van der Waals surface area contributed by atoms with Gasteiger partial charge in [0.05, 0.1) is 18.7 Å². The van der Waals surface area contributed by atoms with Crippen LogP contribution < -0.4 is 14.5 Å². The number of carbonyl (C=O) groups excluding carboxylic acids is 1. The Labute approximate surface area is 217 Å². The van der Waals surface area contributed by atoms with Crippen LogP contribution in [0.1, 0.15) is 18.4 Å². The highest BCUT2D eigenvalue weighted by molar-refractivity contribution is 6.30. The number of nitrogens with zero attached hydrogens (tertiary/aromatic N) is 5. The Kier molecular flexibility index (Phi) is 7.28. The van der Waals surface area contributed by atoms with Crippen LogP contribution >= 0.6 is 11.6 Å². The van der Waals surface area contributed by atoms with Gasteiger partial charge in [-0.3, -0.25) is 4.79 Å². The molecule has 0 N–H and O–H groups in total. The van der Waals surface area contributed by atoms with E-state index in [9.17, 15) is 4.79 Å². The molecule has 0 saturated carbocycles. The number of piperazine rings is 1. The maximum absolute atomic E-state index is 13.4. The van der Waals surface area contributed by atoms with E-state index in [1.54, 1.807) is 7.11 Å². The lowest BCUT2D eigenvalue weighted by Crippen LogP contribution is -2.52. The second-order valence-corrected chi connectivity index (χ2v) is 9.97. The van der Waals surface area contributed by atoms with Crippen molar-refractivity contribution in [3.8, 4) is 17.0 Å². The van der Waals surface area contributed by atoms with Crippen LogP contribution in [0, 0.1) is 12.8 Å². The lowest BCUT2D eigenvalue weighted by atomic mass is 9.96. The number of benzene rings is 2. The summed E-state index contributed by atoms with van der Waals surface area (Å²) in [7, 11) is 1.65. The van der Waals surface area contributed by atoms with Crippen LogP contribution in [-0.2, 0) is 4.79 Å². The summed E-state index contributed by atoms with van der Waals surface area (Å²) < 4.78 is 5.23. The summed E-state index contributed by atoms with van der Waals surface area (Å²) in [6.45, 7) is 6.79. The highest BCUT2D eigenvalue weighted by atomic mass is 35.5. The number of aryl methyl sites for hydroxylation is 1. The molecular weight excluding hydrogens is 474 g/mol. The first-order valence-electron chi connectivity index (χ1n) is 12.5. The summed E-state index contributed by atoms with van der Waals surface area (Å²) in [5, 5.41) is 9.68. The van der Waals surface area contributed by atoms with E-state index in [1.807, 2.05) is 53.4 Å². The van der Waals surface area contributed by atoms with E-state index in [2.05, 4.69) is 33.0 Å². The van der Waals surface area contributed by atoms with Gasteiger partial charge in [-0.15, -0.1) is 10.2 Å². The van der Waals surface area contributed by atoms with E-state index in [-0.39, 0.29) is 11.8 Å². The van der Waals surface area contributed by atoms with Crippen molar-refractivity contribution in [2.75, 3.05) is 56.2 Å². The van der Waals surface area contributed by atoms with Gasteiger partial charge in [-0.05, 0) is 73.9 Å². The fraction of sp³-hybridized carbons (Fsp3) is 0.393. The Morgan fingerprint density at radius 2 is 1.72 bits per heavy atom. The van der Waals surface area contributed by atoms with Crippen molar-refractivity contribution in [3.05, 3.63) is 65.2 Å². The minimum atomic E-state index is -0.0127. The zero-order valence-corrected chi connectivity index (χ0v) is 21.6. The molecule has 2 saturated heterocycles. The van der Waals surface area contributed by atoms with Gasteiger partial charge in [0.25, 0.3) is 0 Å². The summed E-state index contributed by atoms with van der Waals surface area (Å²) in [4.78, 5) is 20.0. The first-order valence-corrected chi connectivity index (χ1v) is 12.9. The first kappa shape index (κ1) is 24.4. The van der Waals surface area contributed by atoms with E-state index in [1.165, 1.54) is 5.56 Å². The van der Waals surface area contributed by atoms with Gasteiger partial charge in [-0.2, -0.15) is 0 Å². The molecule has 1 unspecified atom stereocenters. The minimum absolute atomic E-state index is 0.0127. The van der Waals surface area contributed by atoms with Gasteiger partial charge in [-0.25, -0.2) is 0 Å². The SMILES string of the molecule is COc1ccc(-c2ccc(N3CCCC(C(=O)N4CCN(c5cc(Cl)ccc5C)CC4)C3)nn2)cc1. The Balaban J connectivity index is 1.19. The molecule has 2 aromatic carbocycles. The number of hydrogen-bond acceptors (Lipinski definition) is 6.